The van der Waals surface area contributed by atoms with Gasteiger partial charge in [-0.3, -0.25) is 9.59 Å². The topological polar surface area (TPSA) is 105 Å². The quantitative estimate of drug-likeness (QED) is 0.776. The summed E-state index contributed by atoms with van der Waals surface area (Å²) in [6, 6.07) is 4.31. The molecule has 0 saturated carbocycles. The molecule has 1 heterocycles. The molecule has 1 aliphatic heterocycles. The minimum absolute atomic E-state index is 0.0754. The smallest absolute Gasteiger partial charge is 0.337 e. The molecule has 0 bridgehead atoms. The maximum Gasteiger partial charge on any atom is 0.337 e. The van der Waals surface area contributed by atoms with Gasteiger partial charge >= 0.3 is 5.97 Å². The van der Waals surface area contributed by atoms with E-state index in [4.69, 9.17) is 4.74 Å². The fourth-order valence-electron chi connectivity index (χ4n) is 2.09. The average Bonchev–Trinajstić information content (AvgIpc) is 2.93. The number of amides is 2. The molecule has 3 N–H and O–H groups in total. The summed E-state index contributed by atoms with van der Waals surface area (Å²) in [6.45, 7) is 2.21. The van der Waals surface area contributed by atoms with Crippen molar-refractivity contribution in [2.24, 2.45) is 5.92 Å². The molecule has 1 atom stereocenters. The van der Waals surface area contributed by atoms with E-state index in [0.717, 1.165) is 0 Å². The van der Waals surface area contributed by atoms with Gasteiger partial charge in [-0.2, -0.15) is 0 Å². The number of ether oxygens (including phenoxy) is 1. The first kappa shape index (κ1) is 15.0. The van der Waals surface area contributed by atoms with E-state index in [0.29, 0.717) is 25.3 Å². The summed E-state index contributed by atoms with van der Waals surface area (Å²) in [5.74, 6) is -2.00. The van der Waals surface area contributed by atoms with E-state index in [1.54, 1.807) is 0 Å². The molecule has 1 aromatic rings. The van der Waals surface area contributed by atoms with E-state index < -0.39 is 5.97 Å². The number of benzene rings is 1. The first-order valence-corrected chi connectivity index (χ1v) is 6.51. The molecule has 7 nitrogen and oxygen atoms in total. The van der Waals surface area contributed by atoms with Crippen molar-refractivity contribution in [2.75, 3.05) is 23.8 Å². The van der Waals surface area contributed by atoms with E-state index in [2.05, 4.69) is 10.6 Å². The maximum atomic E-state index is 12.0. The number of hydrogen-bond acceptors (Lipinski definition) is 4. The van der Waals surface area contributed by atoms with E-state index in [-0.39, 0.29) is 29.0 Å². The highest BCUT2D eigenvalue weighted by molar-refractivity contribution is 6.02. The van der Waals surface area contributed by atoms with Gasteiger partial charge < -0.3 is 20.5 Å². The molecule has 1 fully saturated rings. The lowest BCUT2D eigenvalue weighted by Gasteiger charge is -2.13. The average molecular weight is 292 g/mol. The minimum Gasteiger partial charge on any atom is -0.478 e. The molecular weight excluding hydrogens is 276 g/mol. The monoisotopic (exact) mass is 292 g/mol. The standard InChI is InChI=1S/C14H16N2O5/c1-8(17)15-10-2-3-12(11(6-10)14(19)20)16-13(18)9-4-5-21-7-9/h2-3,6,9H,4-5,7H2,1H3,(H,15,17)(H,16,18)(H,19,20). The van der Waals surface area contributed by atoms with Crippen molar-refractivity contribution in [1.82, 2.24) is 0 Å². The Kier molecular flexibility index (Phi) is 4.54. The molecule has 0 aromatic heterocycles. The molecule has 1 saturated heterocycles. The summed E-state index contributed by atoms with van der Waals surface area (Å²) >= 11 is 0. The van der Waals surface area contributed by atoms with Crippen LogP contribution in [-0.4, -0.2) is 36.1 Å². The van der Waals surface area contributed by atoms with Gasteiger partial charge in [-0.1, -0.05) is 0 Å². The number of rotatable bonds is 4. The summed E-state index contributed by atoms with van der Waals surface area (Å²) in [4.78, 5) is 34.3. The molecule has 1 unspecified atom stereocenters. The lowest BCUT2D eigenvalue weighted by Crippen LogP contribution is -2.24. The zero-order valence-corrected chi connectivity index (χ0v) is 11.5. The van der Waals surface area contributed by atoms with Crippen molar-refractivity contribution in [3.05, 3.63) is 23.8 Å². The van der Waals surface area contributed by atoms with Gasteiger partial charge in [0.05, 0.1) is 23.8 Å². The van der Waals surface area contributed by atoms with Crippen molar-refractivity contribution < 1.29 is 24.2 Å². The number of carbonyl (C=O) groups excluding carboxylic acids is 2. The number of nitrogens with one attached hydrogen (secondary N) is 2. The van der Waals surface area contributed by atoms with Crippen molar-refractivity contribution in [3.63, 3.8) is 0 Å². The highest BCUT2D eigenvalue weighted by atomic mass is 16.5. The van der Waals surface area contributed by atoms with Gasteiger partial charge in [-0.15, -0.1) is 0 Å². The molecule has 0 aliphatic carbocycles. The van der Waals surface area contributed by atoms with Crippen molar-refractivity contribution >= 4 is 29.2 Å². The summed E-state index contributed by atoms with van der Waals surface area (Å²) in [6.07, 6.45) is 0.623. The third kappa shape index (κ3) is 3.79. The Labute approximate surface area is 121 Å². The molecular formula is C14H16N2O5. The lowest BCUT2D eigenvalue weighted by molar-refractivity contribution is -0.119. The van der Waals surface area contributed by atoms with Gasteiger partial charge in [-0.05, 0) is 24.6 Å². The third-order valence-corrected chi connectivity index (χ3v) is 3.13. The molecule has 0 radical (unpaired) electrons. The number of carboxylic acids is 1. The summed E-state index contributed by atoms with van der Waals surface area (Å²) < 4.78 is 5.13. The van der Waals surface area contributed by atoms with Crippen LogP contribution in [0.2, 0.25) is 0 Å². The fraction of sp³-hybridized carbons (Fsp3) is 0.357. The molecule has 112 valence electrons. The van der Waals surface area contributed by atoms with Crippen LogP contribution in [0.3, 0.4) is 0 Å². The second kappa shape index (κ2) is 6.36. The van der Waals surface area contributed by atoms with Gasteiger partial charge in [0, 0.05) is 19.2 Å². The van der Waals surface area contributed by atoms with E-state index in [1.807, 2.05) is 0 Å². The van der Waals surface area contributed by atoms with Crippen LogP contribution >= 0.6 is 0 Å². The zero-order valence-electron chi connectivity index (χ0n) is 11.5. The van der Waals surface area contributed by atoms with Crippen LogP contribution in [0, 0.1) is 5.92 Å². The number of carboxylic acid groups (broad SMARTS) is 1. The van der Waals surface area contributed by atoms with Crippen molar-refractivity contribution in [3.8, 4) is 0 Å². The Morgan fingerprint density at radius 1 is 1.29 bits per heavy atom. The highest BCUT2D eigenvalue weighted by Crippen LogP contribution is 2.23. The van der Waals surface area contributed by atoms with Crippen molar-refractivity contribution in [2.45, 2.75) is 13.3 Å². The number of carbonyl (C=O) groups is 3. The number of anilines is 2. The predicted molar refractivity (Wildman–Crippen MR) is 75.3 cm³/mol. The molecule has 7 heteroatoms. The summed E-state index contributed by atoms with van der Waals surface area (Å²) in [5.41, 5.74) is 0.490. The van der Waals surface area contributed by atoms with Crippen molar-refractivity contribution in [1.29, 1.82) is 0 Å². The van der Waals surface area contributed by atoms with Crippen LogP contribution in [0.15, 0.2) is 18.2 Å². The summed E-state index contributed by atoms with van der Waals surface area (Å²) in [7, 11) is 0. The molecule has 2 rings (SSSR count). The van der Waals surface area contributed by atoms with Gasteiger partial charge in [0.15, 0.2) is 0 Å². The molecule has 1 aromatic carbocycles. The highest BCUT2D eigenvalue weighted by Gasteiger charge is 2.24. The SMILES string of the molecule is CC(=O)Nc1ccc(NC(=O)C2CCOC2)c(C(=O)O)c1. The van der Waals surface area contributed by atoms with Crippen LogP contribution in [0.5, 0.6) is 0 Å². The molecule has 21 heavy (non-hydrogen) atoms. The Balaban J connectivity index is 2.19. The second-order valence-corrected chi connectivity index (χ2v) is 4.80. The van der Waals surface area contributed by atoms with Gasteiger partial charge in [-0.25, -0.2) is 4.79 Å². The van der Waals surface area contributed by atoms with Crippen LogP contribution in [0.25, 0.3) is 0 Å². The molecule has 2 amide bonds. The first-order valence-electron chi connectivity index (χ1n) is 6.51. The Hall–Kier alpha value is -2.41. The van der Waals surface area contributed by atoms with Gasteiger partial charge in [0.2, 0.25) is 11.8 Å². The van der Waals surface area contributed by atoms with E-state index >= 15 is 0 Å². The normalized spacial score (nSPS) is 17.3. The number of aromatic carboxylic acids is 1. The van der Waals surface area contributed by atoms with E-state index in [9.17, 15) is 19.5 Å². The molecule has 0 spiro atoms. The lowest BCUT2D eigenvalue weighted by atomic mass is 10.1. The van der Waals surface area contributed by atoms with Crippen LogP contribution in [0.4, 0.5) is 11.4 Å². The maximum absolute atomic E-state index is 12.0. The van der Waals surface area contributed by atoms with Gasteiger partial charge in [0.1, 0.15) is 0 Å². The predicted octanol–water partition coefficient (Wildman–Crippen LogP) is 1.32. The Bertz CT molecular complexity index is 579. The molecule has 1 aliphatic rings. The Morgan fingerprint density at radius 2 is 2.05 bits per heavy atom. The zero-order chi connectivity index (χ0) is 15.4. The number of hydrogen-bond donors (Lipinski definition) is 3. The fourth-order valence-corrected chi connectivity index (χ4v) is 2.09. The minimum atomic E-state index is -1.18. The largest absolute Gasteiger partial charge is 0.478 e. The Morgan fingerprint density at radius 3 is 2.62 bits per heavy atom. The van der Waals surface area contributed by atoms with Crippen LogP contribution in [-0.2, 0) is 14.3 Å². The van der Waals surface area contributed by atoms with Crippen LogP contribution in [0.1, 0.15) is 23.7 Å². The van der Waals surface area contributed by atoms with E-state index in [1.165, 1.54) is 25.1 Å². The first-order chi connectivity index (χ1) is 9.97. The van der Waals surface area contributed by atoms with Gasteiger partial charge in [0.25, 0.3) is 0 Å². The van der Waals surface area contributed by atoms with Crippen LogP contribution < -0.4 is 10.6 Å². The second-order valence-electron chi connectivity index (χ2n) is 4.80. The third-order valence-electron chi connectivity index (χ3n) is 3.13. The summed E-state index contributed by atoms with van der Waals surface area (Å²) in [5, 5.41) is 14.3.